The minimum Gasteiger partial charge on any atom is -0.198 e. The highest BCUT2D eigenvalue weighted by Gasteiger charge is 2.49. The molecule has 0 spiro atoms. The van der Waals surface area contributed by atoms with E-state index in [4.69, 9.17) is 5.26 Å². The summed E-state index contributed by atoms with van der Waals surface area (Å²) in [6.07, 6.45) is 8.45. The fourth-order valence-electron chi connectivity index (χ4n) is 6.83. The van der Waals surface area contributed by atoms with Gasteiger partial charge in [-0.05, 0) is 86.4 Å². The first-order valence-corrected chi connectivity index (χ1v) is 13.3. The summed E-state index contributed by atoms with van der Waals surface area (Å²) in [7, 11) is 0. The lowest BCUT2D eigenvalue weighted by molar-refractivity contribution is 0.0187. The van der Waals surface area contributed by atoms with Gasteiger partial charge in [-0.25, -0.2) is 0 Å². The summed E-state index contributed by atoms with van der Waals surface area (Å²) in [5.74, 6) is 4.80. The van der Waals surface area contributed by atoms with Gasteiger partial charge in [-0.2, -0.15) is 20.8 Å². The molecule has 2 rings (SSSR count). The third-order valence-corrected chi connectivity index (χ3v) is 8.77. The van der Waals surface area contributed by atoms with E-state index in [9.17, 15) is 5.26 Å². The lowest BCUT2D eigenvalue weighted by Gasteiger charge is -2.48. The van der Waals surface area contributed by atoms with Crippen molar-refractivity contribution in [2.24, 2.45) is 68.9 Å². The average molecular weight is 441 g/mol. The number of hydrogen-bond donors (Lipinski definition) is 0. The summed E-state index contributed by atoms with van der Waals surface area (Å²) >= 11 is 0. The van der Waals surface area contributed by atoms with Crippen LogP contribution in [0.5, 0.6) is 0 Å². The maximum absolute atomic E-state index is 10.8. The van der Waals surface area contributed by atoms with Crippen molar-refractivity contribution in [2.45, 2.75) is 93.4 Å². The van der Waals surface area contributed by atoms with Gasteiger partial charge >= 0.3 is 0 Å². The van der Waals surface area contributed by atoms with E-state index in [0.29, 0.717) is 54.5 Å². The predicted molar refractivity (Wildman–Crippen MR) is 132 cm³/mol. The molecule has 0 saturated heterocycles. The Labute approximate surface area is 198 Å². The van der Waals surface area contributed by atoms with E-state index in [-0.39, 0.29) is 5.92 Å². The number of hydrogen-bond acceptors (Lipinski definition) is 4. The van der Waals surface area contributed by atoms with Gasteiger partial charge in [-0.15, -0.1) is 0 Å². The monoisotopic (exact) mass is 440 g/mol. The Balaban J connectivity index is 2.39. The Bertz CT molecular complexity index is 685. The maximum Gasteiger partial charge on any atom is 0.0820 e. The molecule has 0 heterocycles. The molecule has 0 aromatic heterocycles. The van der Waals surface area contributed by atoms with E-state index in [1.54, 1.807) is 0 Å². The van der Waals surface area contributed by atoms with Gasteiger partial charge in [0.25, 0.3) is 0 Å². The molecule has 8 atom stereocenters. The Morgan fingerprint density at radius 2 is 1.44 bits per heavy atom. The Morgan fingerprint density at radius 3 is 2.00 bits per heavy atom. The molecule has 2 aliphatic rings. The van der Waals surface area contributed by atoms with Crippen LogP contribution in [0.1, 0.15) is 93.4 Å². The number of nitrogens with zero attached hydrogens (tertiary/aromatic N) is 4. The van der Waals surface area contributed by atoms with Crippen LogP contribution >= 0.6 is 0 Å². The molecule has 0 aromatic carbocycles. The summed E-state index contributed by atoms with van der Waals surface area (Å²) in [6, 6.07) is 5.13. The highest BCUT2D eigenvalue weighted by atomic mass is 15.1. The van der Waals surface area contributed by atoms with Crippen LogP contribution < -0.4 is 0 Å². The van der Waals surface area contributed by atoms with Crippen molar-refractivity contribution in [3.05, 3.63) is 0 Å². The first-order valence-electron chi connectivity index (χ1n) is 13.3. The highest BCUT2D eigenvalue weighted by Crippen LogP contribution is 2.53. The van der Waals surface area contributed by atoms with Crippen LogP contribution in [-0.4, -0.2) is 13.1 Å². The average Bonchev–Trinajstić information content (AvgIpc) is 2.75. The van der Waals surface area contributed by atoms with E-state index in [2.05, 4.69) is 63.9 Å². The molecule has 180 valence electrons. The van der Waals surface area contributed by atoms with E-state index in [0.717, 1.165) is 18.8 Å². The molecule has 0 amide bonds. The second-order valence-electron chi connectivity index (χ2n) is 12.1. The lowest BCUT2D eigenvalue weighted by Crippen LogP contribution is -2.45. The molecule has 2 fully saturated rings. The molecule has 2 saturated carbocycles. The van der Waals surface area contributed by atoms with Crippen molar-refractivity contribution in [2.75, 3.05) is 13.1 Å². The molecule has 4 nitrogen and oxygen atoms in total. The van der Waals surface area contributed by atoms with Crippen LogP contribution in [0, 0.1) is 81.3 Å². The van der Waals surface area contributed by atoms with E-state index in [1.807, 2.05) is 6.92 Å². The molecule has 4 heteroatoms. The molecular weight excluding hydrogens is 392 g/mol. The third kappa shape index (κ3) is 6.79. The molecule has 8 unspecified atom stereocenters. The smallest absolute Gasteiger partial charge is 0.0820 e. The fraction of sp³-hybridized carbons (Fsp3) is 0.929. The van der Waals surface area contributed by atoms with Gasteiger partial charge < -0.3 is 0 Å². The van der Waals surface area contributed by atoms with Crippen molar-refractivity contribution < 1.29 is 0 Å². The second kappa shape index (κ2) is 12.2. The summed E-state index contributed by atoms with van der Waals surface area (Å²) in [5.41, 5.74) is -0.447. The van der Waals surface area contributed by atoms with Gasteiger partial charge in [0.15, 0.2) is 0 Å². The van der Waals surface area contributed by atoms with E-state index in [1.165, 1.54) is 32.1 Å². The van der Waals surface area contributed by atoms with Crippen molar-refractivity contribution in [3.8, 4) is 12.1 Å². The van der Waals surface area contributed by atoms with Gasteiger partial charge in [-0.1, -0.05) is 54.4 Å². The number of rotatable bonds is 9. The van der Waals surface area contributed by atoms with Crippen molar-refractivity contribution in [1.29, 1.82) is 10.5 Å². The van der Waals surface area contributed by atoms with Crippen LogP contribution in [0.15, 0.2) is 10.2 Å². The third-order valence-electron chi connectivity index (χ3n) is 8.77. The normalized spacial score (nSPS) is 34.2. The van der Waals surface area contributed by atoms with Crippen LogP contribution in [0.2, 0.25) is 0 Å². The first-order chi connectivity index (χ1) is 15.1. The van der Waals surface area contributed by atoms with E-state index >= 15 is 0 Å². The standard InChI is InChI=1S/C28H48N4/c1-19(2)25-10-8-21(5)12-24(25)14-28(17-30,18-32-31-16-23(7)15-29)27-13-22(6)9-11-26(27)20(3)4/h19-27H,8-14,16,18H2,1-7H3. The zero-order valence-corrected chi connectivity index (χ0v) is 21.8. The highest BCUT2D eigenvalue weighted by molar-refractivity contribution is 5.09. The van der Waals surface area contributed by atoms with E-state index < -0.39 is 5.41 Å². The molecule has 0 bridgehead atoms. The molecule has 0 aliphatic heterocycles. The van der Waals surface area contributed by atoms with Gasteiger partial charge in [0.2, 0.25) is 0 Å². The molecule has 2 aliphatic carbocycles. The zero-order chi connectivity index (χ0) is 23.9. The summed E-state index contributed by atoms with van der Waals surface area (Å²) in [5, 5.41) is 28.8. The number of nitriles is 2. The minimum atomic E-state index is -0.447. The van der Waals surface area contributed by atoms with Crippen molar-refractivity contribution >= 4 is 0 Å². The van der Waals surface area contributed by atoms with Crippen LogP contribution in [0.3, 0.4) is 0 Å². The quantitative estimate of drug-likeness (QED) is 0.341. The molecular formula is C28H48N4. The number of azo groups is 1. The van der Waals surface area contributed by atoms with Crippen molar-refractivity contribution in [1.82, 2.24) is 0 Å². The Morgan fingerprint density at radius 1 is 0.844 bits per heavy atom. The predicted octanol–water partition coefficient (Wildman–Crippen LogP) is 7.92. The minimum absolute atomic E-state index is 0.127. The van der Waals surface area contributed by atoms with Crippen molar-refractivity contribution in [3.63, 3.8) is 0 Å². The largest absolute Gasteiger partial charge is 0.198 e. The van der Waals surface area contributed by atoms with Crippen LogP contribution in [0.25, 0.3) is 0 Å². The topological polar surface area (TPSA) is 72.3 Å². The van der Waals surface area contributed by atoms with Gasteiger partial charge in [0.1, 0.15) is 0 Å². The van der Waals surface area contributed by atoms with Crippen LogP contribution in [-0.2, 0) is 0 Å². The summed E-state index contributed by atoms with van der Waals surface area (Å²) in [4.78, 5) is 0. The summed E-state index contributed by atoms with van der Waals surface area (Å²) in [6.45, 7) is 17.0. The van der Waals surface area contributed by atoms with Gasteiger partial charge in [0.05, 0.1) is 36.6 Å². The molecule has 0 radical (unpaired) electrons. The van der Waals surface area contributed by atoms with Gasteiger partial charge in [-0.3, -0.25) is 0 Å². The fourth-order valence-corrected chi connectivity index (χ4v) is 6.83. The molecule has 0 aromatic rings. The summed E-state index contributed by atoms with van der Waals surface area (Å²) < 4.78 is 0. The maximum atomic E-state index is 10.8. The lowest BCUT2D eigenvalue weighted by atomic mass is 9.55. The second-order valence-corrected chi connectivity index (χ2v) is 12.1. The zero-order valence-electron chi connectivity index (χ0n) is 21.8. The Hall–Kier alpha value is -1.42. The molecule has 0 N–H and O–H groups in total. The first kappa shape index (κ1) is 26.8. The molecule has 32 heavy (non-hydrogen) atoms. The Kier molecular flexibility index (Phi) is 10.2. The van der Waals surface area contributed by atoms with Gasteiger partial charge in [0, 0.05) is 0 Å². The SMILES string of the molecule is CC(C#N)CN=NCC(C#N)(CC1CC(C)CCC1C(C)C)C1CC(C)CCC1C(C)C. The van der Waals surface area contributed by atoms with Crippen LogP contribution in [0.4, 0.5) is 0 Å².